The third kappa shape index (κ3) is 6.93. The van der Waals surface area contributed by atoms with Gasteiger partial charge in [0, 0.05) is 16.6 Å². The smallest absolute Gasteiger partial charge is 0.250 e. The molecule has 10 heteroatoms. The fourth-order valence-corrected chi connectivity index (χ4v) is 3.84. The molecule has 1 aromatic heterocycles. The number of amides is 1. The molecular weight excluding hydrogens is 506 g/mol. The van der Waals surface area contributed by atoms with E-state index in [0.29, 0.717) is 35.4 Å². The van der Waals surface area contributed by atoms with Gasteiger partial charge in [-0.25, -0.2) is 5.43 Å². The standard InChI is InChI=1S/C23H24BrN5O3S/c1-4-32-20-11-16(5-10-19(20)30)12-25-26-21(31)14-33-23-28-27-22(29(23)13-15(2)3)17-6-8-18(24)9-7-17/h5-12,30H,2,4,13-14H2,1,3H3,(H,26,31)/b25-12+. The second-order valence-electron chi connectivity index (χ2n) is 7.10. The summed E-state index contributed by atoms with van der Waals surface area (Å²) in [6.07, 6.45) is 1.49. The summed E-state index contributed by atoms with van der Waals surface area (Å²) in [5.41, 5.74) is 5.06. The molecule has 0 unspecified atom stereocenters. The number of thioether (sulfide) groups is 1. The number of hydrazone groups is 1. The molecule has 3 rings (SSSR count). The molecular formula is C23H24BrN5O3S. The quantitative estimate of drug-likeness (QED) is 0.172. The van der Waals surface area contributed by atoms with E-state index in [4.69, 9.17) is 4.74 Å². The van der Waals surface area contributed by atoms with Crippen molar-refractivity contribution in [1.82, 2.24) is 20.2 Å². The minimum Gasteiger partial charge on any atom is -0.504 e. The van der Waals surface area contributed by atoms with Crippen molar-refractivity contribution >= 4 is 39.8 Å². The topological polar surface area (TPSA) is 102 Å². The second-order valence-corrected chi connectivity index (χ2v) is 8.96. The number of ether oxygens (including phenoxy) is 1. The van der Waals surface area contributed by atoms with Gasteiger partial charge in [0.05, 0.1) is 18.6 Å². The number of rotatable bonds is 10. The van der Waals surface area contributed by atoms with Crippen LogP contribution in [0.25, 0.3) is 11.4 Å². The molecule has 1 amide bonds. The fourth-order valence-electron chi connectivity index (χ4n) is 2.84. The molecule has 0 aliphatic heterocycles. The van der Waals surface area contributed by atoms with Gasteiger partial charge in [0.25, 0.3) is 5.91 Å². The first-order valence-corrected chi connectivity index (χ1v) is 11.9. The number of carbonyl (C=O) groups excluding carboxylic acids is 1. The van der Waals surface area contributed by atoms with Gasteiger partial charge in [-0.15, -0.1) is 10.2 Å². The number of aromatic hydroxyl groups is 1. The van der Waals surface area contributed by atoms with Crippen molar-refractivity contribution in [3.05, 3.63) is 64.7 Å². The predicted octanol–water partition coefficient (Wildman–Crippen LogP) is 4.63. The van der Waals surface area contributed by atoms with E-state index in [-0.39, 0.29) is 17.4 Å². The number of hydrogen-bond acceptors (Lipinski definition) is 7. The first kappa shape index (κ1) is 24.5. The Bertz CT molecular complexity index is 1160. The molecule has 0 saturated heterocycles. The molecule has 0 radical (unpaired) electrons. The molecule has 8 nitrogen and oxygen atoms in total. The largest absolute Gasteiger partial charge is 0.504 e. The van der Waals surface area contributed by atoms with Crippen LogP contribution >= 0.6 is 27.7 Å². The fraction of sp³-hybridized carbons (Fsp3) is 0.217. The SMILES string of the molecule is C=C(C)Cn1c(SCC(=O)N/N=C/c2ccc(O)c(OCC)c2)nnc1-c1ccc(Br)cc1. The molecule has 0 bridgehead atoms. The number of phenolic OH excluding ortho intramolecular Hbond substituents is 1. The second kappa shape index (κ2) is 11.7. The number of aromatic nitrogens is 3. The van der Waals surface area contributed by atoms with E-state index in [9.17, 15) is 9.90 Å². The maximum atomic E-state index is 12.3. The Hall–Kier alpha value is -3.11. The van der Waals surface area contributed by atoms with E-state index in [2.05, 4.69) is 43.2 Å². The molecule has 1 heterocycles. The van der Waals surface area contributed by atoms with Gasteiger partial charge in [0.1, 0.15) is 0 Å². The highest BCUT2D eigenvalue weighted by molar-refractivity contribution is 9.10. The van der Waals surface area contributed by atoms with Crippen LogP contribution in [0.2, 0.25) is 0 Å². The van der Waals surface area contributed by atoms with Crippen LogP contribution in [-0.4, -0.2) is 44.4 Å². The van der Waals surface area contributed by atoms with Crippen LogP contribution in [0.4, 0.5) is 0 Å². The highest BCUT2D eigenvalue weighted by atomic mass is 79.9. The summed E-state index contributed by atoms with van der Waals surface area (Å²) in [4.78, 5) is 12.3. The summed E-state index contributed by atoms with van der Waals surface area (Å²) in [5.74, 6) is 0.961. The highest BCUT2D eigenvalue weighted by Crippen LogP contribution is 2.27. The Balaban J connectivity index is 1.64. The molecule has 0 spiro atoms. The summed E-state index contributed by atoms with van der Waals surface area (Å²) < 4.78 is 8.26. The van der Waals surface area contributed by atoms with Crippen LogP contribution in [0.1, 0.15) is 19.4 Å². The predicted molar refractivity (Wildman–Crippen MR) is 134 cm³/mol. The van der Waals surface area contributed by atoms with Gasteiger partial charge < -0.3 is 9.84 Å². The first-order chi connectivity index (χ1) is 15.9. The summed E-state index contributed by atoms with van der Waals surface area (Å²) in [7, 11) is 0. The lowest BCUT2D eigenvalue weighted by molar-refractivity contribution is -0.118. The van der Waals surface area contributed by atoms with Crippen LogP contribution in [0.3, 0.4) is 0 Å². The summed E-state index contributed by atoms with van der Waals surface area (Å²) in [6.45, 7) is 8.73. The Labute approximate surface area is 204 Å². The minimum atomic E-state index is -0.282. The van der Waals surface area contributed by atoms with Gasteiger partial charge in [-0.3, -0.25) is 9.36 Å². The Morgan fingerprint density at radius 3 is 2.76 bits per heavy atom. The molecule has 0 fully saturated rings. The number of phenols is 1. The molecule has 33 heavy (non-hydrogen) atoms. The number of halogens is 1. The average Bonchev–Trinajstić information content (AvgIpc) is 3.17. The zero-order valence-electron chi connectivity index (χ0n) is 18.3. The van der Waals surface area contributed by atoms with Gasteiger partial charge >= 0.3 is 0 Å². The van der Waals surface area contributed by atoms with Gasteiger partial charge in [-0.05, 0) is 49.7 Å². The normalized spacial score (nSPS) is 11.0. The summed E-state index contributed by atoms with van der Waals surface area (Å²) in [5, 5.41) is 23.0. The van der Waals surface area contributed by atoms with Crippen LogP contribution < -0.4 is 10.2 Å². The van der Waals surface area contributed by atoms with Crippen molar-refractivity contribution in [3.63, 3.8) is 0 Å². The van der Waals surface area contributed by atoms with E-state index in [1.165, 1.54) is 24.0 Å². The van der Waals surface area contributed by atoms with Gasteiger partial charge in [0.15, 0.2) is 22.5 Å². The number of benzene rings is 2. The van der Waals surface area contributed by atoms with E-state index in [1.807, 2.05) is 42.7 Å². The number of hydrogen-bond donors (Lipinski definition) is 2. The van der Waals surface area contributed by atoms with Gasteiger partial charge in [-0.1, -0.05) is 52.0 Å². The van der Waals surface area contributed by atoms with Crippen molar-refractivity contribution in [1.29, 1.82) is 0 Å². The van der Waals surface area contributed by atoms with E-state index in [1.54, 1.807) is 12.1 Å². The highest BCUT2D eigenvalue weighted by Gasteiger charge is 2.16. The first-order valence-electron chi connectivity index (χ1n) is 10.1. The number of nitrogens with zero attached hydrogens (tertiary/aromatic N) is 4. The monoisotopic (exact) mass is 529 g/mol. The van der Waals surface area contributed by atoms with Crippen LogP contribution in [0.5, 0.6) is 11.5 Å². The molecule has 172 valence electrons. The molecule has 2 N–H and O–H groups in total. The summed E-state index contributed by atoms with van der Waals surface area (Å²) >= 11 is 4.71. The Kier molecular flexibility index (Phi) is 8.67. The van der Waals surface area contributed by atoms with Crippen molar-refractivity contribution in [2.45, 2.75) is 25.5 Å². The Morgan fingerprint density at radius 2 is 2.06 bits per heavy atom. The molecule has 0 aliphatic carbocycles. The average molecular weight is 530 g/mol. The molecule has 2 aromatic carbocycles. The molecule has 0 atom stereocenters. The summed E-state index contributed by atoms with van der Waals surface area (Å²) in [6, 6.07) is 12.6. The minimum absolute atomic E-state index is 0.0517. The lowest BCUT2D eigenvalue weighted by Crippen LogP contribution is -2.20. The van der Waals surface area contributed by atoms with Crippen molar-refractivity contribution in [2.24, 2.45) is 5.10 Å². The van der Waals surface area contributed by atoms with Crippen LogP contribution in [0.15, 0.2) is 69.3 Å². The Morgan fingerprint density at radius 1 is 1.30 bits per heavy atom. The van der Waals surface area contributed by atoms with Gasteiger partial charge in [-0.2, -0.15) is 5.10 Å². The molecule has 3 aromatic rings. The number of carbonyl (C=O) groups is 1. The van der Waals surface area contributed by atoms with E-state index < -0.39 is 0 Å². The van der Waals surface area contributed by atoms with Crippen molar-refractivity contribution < 1.29 is 14.6 Å². The number of allylic oxidation sites excluding steroid dienone is 1. The van der Waals surface area contributed by atoms with E-state index in [0.717, 1.165) is 15.6 Å². The van der Waals surface area contributed by atoms with Gasteiger partial charge in [0.2, 0.25) is 0 Å². The zero-order valence-corrected chi connectivity index (χ0v) is 20.7. The van der Waals surface area contributed by atoms with Crippen LogP contribution in [-0.2, 0) is 11.3 Å². The van der Waals surface area contributed by atoms with Crippen LogP contribution in [0, 0.1) is 0 Å². The maximum Gasteiger partial charge on any atom is 0.250 e. The van der Waals surface area contributed by atoms with Crippen molar-refractivity contribution in [2.75, 3.05) is 12.4 Å². The third-order valence-corrected chi connectivity index (χ3v) is 5.76. The maximum absolute atomic E-state index is 12.3. The molecule has 0 saturated carbocycles. The van der Waals surface area contributed by atoms with Crippen molar-refractivity contribution in [3.8, 4) is 22.9 Å². The lowest BCUT2D eigenvalue weighted by atomic mass is 10.2. The van der Waals surface area contributed by atoms with E-state index >= 15 is 0 Å². The third-order valence-electron chi connectivity index (χ3n) is 4.27. The zero-order chi connectivity index (χ0) is 23.8. The molecule has 0 aliphatic rings. The number of nitrogens with one attached hydrogen (secondary N) is 1. The lowest BCUT2D eigenvalue weighted by Gasteiger charge is -2.10.